The van der Waals surface area contributed by atoms with E-state index < -0.39 is 11.6 Å². The lowest BCUT2D eigenvalue weighted by Gasteiger charge is -2.14. The summed E-state index contributed by atoms with van der Waals surface area (Å²) in [5.74, 6) is -1.37. The molecule has 0 spiro atoms. The predicted molar refractivity (Wildman–Crippen MR) is 85.6 cm³/mol. The van der Waals surface area contributed by atoms with Crippen LogP contribution in [-0.4, -0.2) is 11.2 Å². The maximum atomic E-state index is 14.2. The minimum atomic E-state index is -0.749. The van der Waals surface area contributed by atoms with Crippen LogP contribution in [0, 0.1) is 15.2 Å². The van der Waals surface area contributed by atoms with Crippen molar-refractivity contribution >= 4 is 22.6 Å². The minimum Gasteiger partial charge on any atom is -0.494 e. The first-order valence-corrected chi connectivity index (χ1v) is 7.59. The van der Waals surface area contributed by atoms with Gasteiger partial charge >= 0.3 is 0 Å². The van der Waals surface area contributed by atoms with Crippen LogP contribution in [0.4, 0.5) is 8.78 Å². The van der Waals surface area contributed by atoms with E-state index in [4.69, 9.17) is 4.74 Å². The summed E-state index contributed by atoms with van der Waals surface area (Å²) < 4.78 is 35.4. The molecule has 0 amide bonds. The Labute approximate surface area is 134 Å². The number of pyridine rings is 1. The Morgan fingerprint density at radius 3 is 2.33 bits per heavy atom. The van der Waals surface area contributed by atoms with Gasteiger partial charge in [0.2, 0.25) is 0 Å². The van der Waals surface area contributed by atoms with Gasteiger partial charge in [-0.15, -0.1) is 0 Å². The fourth-order valence-corrected chi connectivity index (χ4v) is 2.60. The number of hydrogen-bond acceptors (Lipinski definition) is 2. The zero-order valence-electron chi connectivity index (χ0n) is 11.6. The van der Waals surface area contributed by atoms with Crippen LogP contribution in [0.3, 0.4) is 0 Å². The molecule has 0 unspecified atom stereocenters. The van der Waals surface area contributed by atoms with Crippen molar-refractivity contribution in [3.63, 3.8) is 0 Å². The fourth-order valence-electron chi connectivity index (χ4n) is 2.13. The molecule has 0 saturated heterocycles. The van der Waals surface area contributed by atoms with Gasteiger partial charge in [-0.3, -0.25) is 4.79 Å². The van der Waals surface area contributed by atoms with E-state index in [-0.39, 0.29) is 22.6 Å². The van der Waals surface area contributed by atoms with Crippen LogP contribution in [0.5, 0.6) is 5.75 Å². The molecule has 2 aromatic rings. The lowest BCUT2D eigenvalue weighted by Crippen LogP contribution is -2.23. The molecule has 0 fully saturated rings. The monoisotopic (exact) mass is 405 g/mol. The molecule has 0 N–H and O–H groups in total. The lowest BCUT2D eigenvalue weighted by atomic mass is 10.1. The molecule has 1 heterocycles. The molecule has 0 aliphatic carbocycles. The Bertz CT molecular complexity index is 705. The van der Waals surface area contributed by atoms with Gasteiger partial charge in [-0.05, 0) is 48.6 Å². The number of aromatic nitrogens is 1. The Balaban J connectivity index is 2.68. The molecule has 0 saturated carbocycles. The average molecular weight is 405 g/mol. The zero-order chi connectivity index (χ0) is 15.6. The second-order valence-corrected chi connectivity index (χ2v) is 5.47. The van der Waals surface area contributed by atoms with Crippen molar-refractivity contribution in [2.24, 2.45) is 0 Å². The smallest absolute Gasteiger partial charge is 0.264 e. The average Bonchev–Trinajstić information content (AvgIpc) is 2.42. The first kappa shape index (κ1) is 15.9. The van der Waals surface area contributed by atoms with Crippen LogP contribution in [-0.2, 0) is 6.54 Å². The molecular weight excluding hydrogens is 391 g/mol. The highest BCUT2D eigenvalue weighted by Crippen LogP contribution is 2.29. The van der Waals surface area contributed by atoms with Gasteiger partial charge in [-0.2, -0.15) is 0 Å². The van der Waals surface area contributed by atoms with E-state index in [1.807, 2.05) is 22.6 Å². The van der Waals surface area contributed by atoms with Crippen molar-refractivity contribution in [2.75, 3.05) is 6.61 Å². The Hall–Kier alpha value is -1.44. The summed E-state index contributed by atoms with van der Waals surface area (Å²) in [6.45, 7) is 4.14. The molecule has 1 aromatic carbocycles. The summed E-state index contributed by atoms with van der Waals surface area (Å²) in [5.41, 5.74) is -0.252. The third-order valence-electron chi connectivity index (χ3n) is 3.03. The van der Waals surface area contributed by atoms with Crippen LogP contribution in [0.2, 0.25) is 0 Å². The summed E-state index contributed by atoms with van der Waals surface area (Å²) in [6, 6.07) is 5.36. The van der Waals surface area contributed by atoms with E-state index in [1.165, 1.54) is 4.57 Å². The van der Waals surface area contributed by atoms with Gasteiger partial charge in [0.05, 0.1) is 21.4 Å². The number of hydrogen-bond donors (Lipinski definition) is 0. The zero-order valence-corrected chi connectivity index (χ0v) is 13.8. The molecule has 0 aliphatic rings. The lowest BCUT2D eigenvalue weighted by molar-refractivity contribution is 0.336. The van der Waals surface area contributed by atoms with Gasteiger partial charge in [0.15, 0.2) is 0 Å². The number of halogens is 3. The predicted octanol–water partition coefficient (Wildman–Crippen LogP) is 3.82. The molecule has 1 aromatic heterocycles. The Kier molecular flexibility index (Phi) is 4.97. The van der Waals surface area contributed by atoms with Crippen molar-refractivity contribution in [2.45, 2.75) is 20.4 Å². The van der Waals surface area contributed by atoms with Gasteiger partial charge in [0.25, 0.3) is 5.56 Å². The topological polar surface area (TPSA) is 31.2 Å². The Morgan fingerprint density at radius 1 is 1.19 bits per heavy atom. The van der Waals surface area contributed by atoms with Gasteiger partial charge in [0, 0.05) is 18.7 Å². The quantitative estimate of drug-likeness (QED) is 0.725. The van der Waals surface area contributed by atoms with Crippen molar-refractivity contribution in [3.8, 4) is 17.0 Å². The molecular formula is C15H14F2INO2. The van der Waals surface area contributed by atoms with Crippen LogP contribution in [0.25, 0.3) is 11.3 Å². The van der Waals surface area contributed by atoms with E-state index in [1.54, 1.807) is 26.0 Å². The maximum absolute atomic E-state index is 14.2. The van der Waals surface area contributed by atoms with Crippen LogP contribution in [0.1, 0.15) is 13.8 Å². The standard InChI is InChI=1S/C15H14F2INO2/c1-3-19-13(6-5-12(18)15(19)20)14-10(16)7-9(21-4-2)8-11(14)17/h5-8H,3-4H2,1-2H3. The molecule has 0 aliphatic heterocycles. The maximum Gasteiger partial charge on any atom is 0.264 e. The summed E-state index contributed by atoms with van der Waals surface area (Å²) in [6.07, 6.45) is 0. The van der Waals surface area contributed by atoms with Gasteiger partial charge < -0.3 is 9.30 Å². The largest absolute Gasteiger partial charge is 0.494 e. The van der Waals surface area contributed by atoms with Gasteiger partial charge in [0.1, 0.15) is 17.4 Å². The molecule has 2 rings (SSSR count). The number of ether oxygens (including phenoxy) is 1. The molecule has 112 valence electrons. The fraction of sp³-hybridized carbons (Fsp3) is 0.267. The summed E-state index contributed by atoms with van der Waals surface area (Å²) >= 11 is 1.90. The molecule has 0 bridgehead atoms. The second kappa shape index (κ2) is 6.55. The highest BCUT2D eigenvalue weighted by Gasteiger charge is 2.18. The van der Waals surface area contributed by atoms with Crippen LogP contribution >= 0.6 is 22.6 Å². The van der Waals surface area contributed by atoms with Crippen molar-refractivity contribution in [3.05, 3.63) is 49.8 Å². The molecule has 3 nitrogen and oxygen atoms in total. The highest BCUT2D eigenvalue weighted by molar-refractivity contribution is 14.1. The SMILES string of the molecule is CCOc1cc(F)c(-c2ccc(I)c(=O)n2CC)c(F)c1. The second-order valence-electron chi connectivity index (χ2n) is 4.31. The van der Waals surface area contributed by atoms with E-state index in [0.717, 1.165) is 12.1 Å². The molecule has 0 radical (unpaired) electrons. The van der Waals surface area contributed by atoms with E-state index in [0.29, 0.717) is 16.7 Å². The number of nitrogens with zero attached hydrogens (tertiary/aromatic N) is 1. The molecule has 21 heavy (non-hydrogen) atoms. The Morgan fingerprint density at radius 2 is 1.81 bits per heavy atom. The summed E-state index contributed by atoms with van der Waals surface area (Å²) in [4.78, 5) is 12.1. The van der Waals surface area contributed by atoms with Crippen molar-refractivity contribution in [1.29, 1.82) is 0 Å². The summed E-state index contributed by atoms with van der Waals surface area (Å²) in [5, 5.41) is 0. The van der Waals surface area contributed by atoms with Crippen LogP contribution < -0.4 is 10.3 Å². The van der Waals surface area contributed by atoms with E-state index in [2.05, 4.69) is 0 Å². The highest BCUT2D eigenvalue weighted by atomic mass is 127. The number of benzene rings is 1. The van der Waals surface area contributed by atoms with Crippen molar-refractivity contribution < 1.29 is 13.5 Å². The van der Waals surface area contributed by atoms with Crippen LogP contribution in [0.15, 0.2) is 29.1 Å². The van der Waals surface area contributed by atoms with Crippen molar-refractivity contribution in [1.82, 2.24) is 4.57 Å². The minimum absolute atomic E-state index is 0.132. The van der Waals surface area contributed by atoms with Gasteiger partial charge in [-0.1, -0.05) is 0 Å². The summed E-state index contributed by atoms with van der Waals surface area (Å²) in [7, 11) is 0. The first-order valence-electron chi connectivity index (χ1n) is 6.51. The third kappa shape index (κ3) is 3.09. The number of rotatable bonds is 4. The molecule has 6 heteroatoms. The normalized spacial score (nSPS) is 10.7. The van der Waals surface area contributed by atoms with E-state index in [9.17, 15) is 13.6 Å². The first-order chi connectivity index (χ1) is 9.99. The molecule has 0 atom stereocenters. The third-order valence-corrected chi connectivity index (χ3v) is 3.85. The van der Waals surface area contributed by atoms with E-state index >= 15 is 0 Å². The van der Waals surface area contributed by atoms with Gasteiger partial charge in [-0.25, -0.2) is 8.78 Å².